The molecule has 0 unspecified atom stereocenters. The summed E-state index contributed by atoms with van der Waals surface area (Å²) < 4.78 is 2.33. The Kier molecular flexibility index (Phi) is 1.89. The number of nitrogens with one attached hydrogen (secondary N) is 1. The van der Waals surface area contributed by atoms with Crippen LogP contribution in [0.2, 0.25) is 0 Å². The summed E-state index contributed by atoms with van der Waals surface area (Å²) in [5.74, 6) is 1.77. The molecule has 66 valence electrons. The fourth-order valence-corrected chi connectivity index (χ4v) is 1.68. The number of hydrogen-bond donors (Lipinski definition) is 1. The molecule has 1 aromatic rings. The van der Waals surface area contributed by atoms with Crippen LogP contribution in [0, 0.1) is 0 Å². The molecule has 2 heterocycles. The highest BCUT2D eigenvalue weighted by atomic mass is 15.2. The monoisotopic (exact) mass is 165 g/mol. The van der Waals surface area contributed by atoms with Crippen molar-refractivity contribution >= 4 is 0 Å². The maximum absolute atomic E-state index is 4.38. The molecule has 3 heteroatoms. The van der Waals surface area contributed by atoms with Gasteiger partial charge in [0.25, 0.3) is 0 Å². The number of rotatable bonds is 1. The standard InChI is InChI=1S/C9H15N3/c1-7(2)8-5-11-9-6-10-3-4-12(8)9/h5,7,10H,3-4,6H2,1-2H3. The number of fused-ring (bicyclic) bond motifs is 1. The zero-order valence-electron chi connectivity index (χ0n) is 7.67. The molecular formula is C9H15N3. The molecule has 1 N–H and O–H groups in total. The van der Waals surface area contributed by atoms with Crippen LogP contribution < -0.4 is 5.32 Å². The first kappa shape index (κ1) is 7.80. The van der Waals surface area contributed by atoms with E-state index in [-0.39, 0.29) is 0 Å². The summed E-state index contributed by atoms with van der Waals surface area (Å²) in [6, 6.07) is 0. The Morgan fingerprint density at radius 2 is 2.42 bits per heavy atom. The second-order valence-corrected chi connectivity index (χ2v) is 3.58. The third kappa shape index (κ3) is 1.14. The largest absolute Gasteiger partial charge is 0.329 e. The van der Waals surface area contributed by atoms with Gasteiger partial charge in [0.1, 0.15) is 5.82 Å². The first-order chi connectivity index (χ1) is 5.79. The van der Waals surface area contributed by atoms with E-state index in [1.165, 1.54) is 11.5 Å². The lowest BCUT2D eigenvalue weighted by molar-refractivity contribution is 0.487. The quantitative estimate of drug-likeness (QED) is 0.675. The maximum atomic E-state index is 4.38. The number of aromatic nitrogens is 2. The van der Waals surface area contributed by atoms with Gasteiger partial charge >= 0.3 is 0 Å². The fourth-order valence-electron chi connectivity index (χ4n) is 1.68. The molecule has 3 nitrogen and oxygen atoms in total. The van der Waals surface area contributed by atoms with Gasteiger partial charge in [-0.1, -0.05) is 13.8 Å². The van der Waals surface area contributed by atoms with E-state index in [1.807, 2.05) is 6.20 Å². The molecule has 1 aliphatic heterocycles. The Hall–Kier alpha value is -0.830. The molecule has 0 fully saturated rings. The SMILES string of the molecule is CC(C)c1cnc2n1CCNC2. The van der Waals surface area contributed by atoms with E-state index in [0.717, 1.165) is 19.6 Å². The van der Waals surface area contributed by atoms with Crippen LogP contribution in [0.15, 0.2) is 6.20 Å². The second-order valence-electron chi connectivity index (χ2n) is 3.58. The van der Waals surface area contributed by atoms with E-state index in [1.54, 1.807) is 0 Å². The molecule has 0 amide bonds. The van der Waals surface area contributed by atoms with E-state index >= 15 is 0 Å². The van der Waals surface area contributed by atoms with Gasteiger partial charge in [0.15, 0.2) is 0 Å². The van der Waals surface area contributed by atoms with Crippen LogP contribution in [0.4, 0.5) is 0 Å². The Balaban J connectivity index is 2.38. The summed E-state index contributed by atoms with van der Waals surface area (Å²) in [5, 5.41) is 3.31. The van der Waals surface area contributed by atoms with Crippen molar-refractivity contribution in [1.82, 2.24) is 14.9 Å². The predicted octanol–water partition coefficient (Wildman–Crippen LogP) is 1.11. The first-order valence-electron chi connectivity index (χ1n) is 4.54. The van der Waals surface area contributed by atoms with E-state index in [0.29, 0.717) is 5.92 Å². The van der Waals surface area contributed by atoms with Crippen LogP contribution in [0.3, 0.4) is 0 Å². The smallest absolute Gasteiger partial charge is 0.122 e. The Morgan fingerprint density at radius 3 is 3.17 bits per heavy atom. The van der Waals surface area contributed by atoms with Gasteiger partial charge in [-0.05, 0) is 5.92 Å². The van der Waals surface area contributed by atoms with Gasteiger partial charge in [0.2, 0.25) is 0 Å². The summed E-state index contributed by atoms with van der Waals surface area (Å²) in [4.78, 5) is 4.38. The molecule has 0 aromatic carbocycles. The minimum absolute atomic E-state index is 0.587. The molecule has 1 aromatic heterocycles. The van der Waals surface area contributed by atoms with Gasteiger partial charge in [0, 0.05) is 25.0 Å². The lowest BCUT2D eigenvalue weighted by atomic mass is 10.1. The molecule has 0 aliphatic carbocycles. The van der Waals surface area contributed by atoms with Crippen LogP contribution in [-0.2, 0) is 13.1 Å². The van der Waals surface area contributed by atoms with Crippen molar-refractivity contribution in [2.45, 2.75) is 32.9 Å². The molecular weight excluding hydrogens is 150 g/mol. The van der Waals surface area contributed by atoms with Crippen molar-refractivity contribution in [3.8, 4) is 0 Å². The molecule has 12 heavy (non-hydrogen) atoms. The average Bonchev–Trinajstić information content (AvgIpc) is 2.47. The lowest BCUT2D eigenvalue weighted by Gasteiger charge is -2.18. The van der Waals surface area contributed by atoms with Crippen molar-refractivity contribution in [1.29, 1.82) is 0 Å². The third-order valence-electron chi connectivity index (χ3n) is 2.36. The molecule has 0 bridgehead atoms. The zero-order valence-corrected chi connectivity index (χ0v) is 7.67. The summed E-state index contributed by atoms with van der Waals surface area (Å²) in [6.07, 6.45) is 2.01. The van der Waals surface area contributed by atoms with Crippen LogP contribution in [0.5, 0.6) is 0 Å². The van der Waals surface area contributed by atoms with Gasteiger partial charge in [-0.25, -0.2) is 4.98 Å². The molecule has 1 aliphatic rings. The average molecular weight is 165 g/mol. The molecule has 0 saturated carbocycles. The Morgan fingerprint density at radius 1 is 1.58 bits per heavy atom. The zero-order chi connectivity index (χ0) is 8.55. The van der Waals surface area contributed by atoms with Crippen LogP contribution in [0.1, 0.15) is 31.3 Å². The molecule has 0 radical (unpaired) electrons. The number of hydrogen-bond acceptors (Lipinski definition) is 2. The Labute approximate surface area is 72.8 Å². The maximum Gasteiger partial charge on any atom is 0.122 e. The number of imidazole rings is 1. The van der Waals surface area contributed by atoms with Gasteiger partial charge in [-0.3, -0.25) is 0 Å². The second kappa shape index (κ2) is 2.90. The minimum atomic E-state index is 0.587. The number of nitrogens with zero attached hydrogens (tertiary/aromatic N) is 2. The van der Waals surface area contributed by atoms with Gasteiger partial charge < -0.3 is 9.88 Å². The van der Waals surface area contributed by atoms with Gasteiger partial charge in [-0.15, -0.1) is 0 Å². The summed E-state index contributed by atoms with van der Waals surface area (Å²) in [7, 11) is 0. The van der Waals surface area contributed by atoms with Crippen molar-refractivity contribution in [2.24, 2.45) is 0 Å². The fraction of sp³-hybridized carbons (Fsp3) is 0.667. The van der Waals surface area contributed by atoms with Crippen molar-refractivity contribution in [3.05, 3.63) is 17.7 Å². The Bertz CT molecular complexity index is 275. The summed E-state index contributed by atoms with van der Waals surface area (Å²) >= 11 is 0. The van der Waals surface area contributed by atoms with Crippen molar-refractivity contribution in [3.63, 3.8) is 0 Å². The molecule has 2 rings (SSSR count). The highest BCUT2D eigenvalue weighted by Crippen LogP contribution is 2.17. The third-order valence-corrected chi connectivity index (χ3v) is 2.36. The molecule has 0 spiro atoms. The van der Waals surface area contributed by atoms with Gasteiger partial charge in [0.05, 0.1) is 6.54 Å². The van der Waals surface area contributed by atoms with E-state index in [4.69, 9.17) is 0 Å². The van der Waals surface area contributed by atoms with E-state index in [9.17, 15) is 0 Å². The minimum Gasteiger partial charge on any atom is -0.329 e. The summed E-state index contributed by atoms with van der Waals surface area (Å²) in [5.41, 5.74) is 1.37. The molecule has 0 atom stereocenters. The van der Waals surface area contributed by atoms with E-state index < -0.39 is 0 Å². The highest BCUT2D eigenvalue weighted by Gasteiger charge is 2.14. The predicted molar refractivity (Wildman–Crippen MR) is 48.0 cm³/mol. The van der Waals surface area contributed by atoms with Crippen molar-refractivity contribution < 1.29 is 0 Å². The van der Waals surface area contributed by atoms with Gasteiger partial charge in [-0.2, -0.15) is 0 Å². The highest BCUT2D eigenvalue weighted by molar-refractivity contribution is 5.10. The molecule has 0 saturated heterocycles. The first-order valence-corrected chi connectivity index (χ1v) is 4.54. The lowest BCUT2D eigenvalue weighted by Crippen LogP contribution is -2.29. The topological polar surface area (TPSA) is 29.9 Å². The normalized spacial score (nSPS) is 16.6. The summed E-state index contributed by atoms with van der Waals surface area (Å²) in [6.45, 7) is 7.50. The van der Waals surface area contributed by atoms with Crippen molar-refractivity contribution in [2.75, 3.05) is 6.54 Å². The van der Waals surface area contributed by atoms with Crippen LogP contribution >= 0.6 is 0 Å². The van der Waals surface area contributed by atoms with Crippen LogP contribution in [0.25, 0.3) is 0 Å². The van der Waals surface area contributed by atoms with E-state index in [2.05, 4.69) is 28.7 Å². The van der Waals surface area contributed by atoms with Crippen LogP contribution in [-0.4, -0.2) is 16.1 Å².